The zero-order valence-corrected chi connectivity index (χ0v) is 24.8. The highest BCUT2D eigenvalue weighted by Crippen LogP contribution is 2.52. The van der Waals surface area contributed by atoms with Crippen LogP contribution in [-0.4, -0.2) is 99.6 Å². The van der Waals surface area contributed by atoms with Gasteiger partial charge in [-0.1, -0.05) is 0 Å². The van der Waals surface area contributed by atoms with Gasteiger partial charge in [-0.3, -0.25) is 28.0 Å². The van der Waals surface area contributed by atoms with Gasteiger partial charge in [-0.05, 0) is 0 Å². The van der Waals surface area contributed by atoms with E-state index in [1.165, 1.54) is 10.9 Å². The molecule has 3 aliphatic rings. The fraction of sp³-hybridized carbons (Fsp3) is 0.524. The van der Waals surface area contributed by atoms with Crippen molar-refractivity contribution in [1.29, 1.82) is 0 Å². The molecule has 4 aromatic heterocycles. The highest BCUT2D eigenvalue weighted by atomic mass is 31.2. The Kier molecular flexibility index (Phi) is 7.70. The molecule has 248 valence electrons. The van der Waals surface area contributed by atoms with Crippen LogP contribution in [0.2, 0.25) is 0 Å². The molecule has 2 bridgehead atoms. The average Bonchev–Trinajstić information content (AvgIpc) is 3.75. The lowest BCUT2D eigenvalue weighted by Crippen LogP contribution is -2.36. The summed E-state index contributed by atoms with van der Waals surface area (Å²) in [7, 11) is -10.7. The maximum atomic E-state index is 13.1. The molecule has 0 radical (unpaired) electrons. The van der Waals surface area contributed by atoms with Crippen molar-refractivity contribution in [3.63, 3.8) is 0 Å². The van der Waals surface area contributed by atoms with E-state index in [0.717, 1.165) is 17.2 Å². The van der Waals surface area contributed by atoms with E-state index in [1.807, 2.05) is 0 Å². The van der Waals surface area contributed by atoms with Gasteiger partial charge in [0, 0.05) is 0 Å². The molecule has 0 aromatic carbocycles. The van der Waals surface area contributed by atoms with Gasteiger partial charge in [-0.2, -0.15) is 4.98 Å². The molecule has 3 fully saturated rings. The number of hydrogen-bond donors (Lipinski definition) is 5. The highest BCUT2D eigenvalue weighted by molar-refractivity contribution is 7.46. The zero-order valence-electron chi connectivity index (χ0n) is 23.0. The van der Waals surface area contributed by atoms with Crippen LogP contribution in [0, 0.1) is 5.92 Å². The molecule has 3 saturated heterocycles. The van der Waals surface area contributed by atoms with Crippen LogP contribution in [0.15, 0.2) is 23.8 Å². The number of H-pyrrole nitrogens is 1. The number of fused-ring (bicyclic) bond motifs is 5. The van der Waals surface area contributed by atoms with Gasteiger partial charge in [-0.15, -0.1) is 0 Å². The van der Waals surface area contributed by atoms with Crippen LogP contribution in [0.4, 0.5) is 11.8 Å². The number of aliphatic hydroxyl groups excluding tert-OH is 2. The first-order chi connectivity index (χ1) is 21.9. The molecule has 0 saturated carbocycles. The van der Waals surface area contributed by atoms with E-state index in [0.29, 0.717) is 0 Å². The van der Waals surface area contributed by atoms with Gasteiger partial charge in [0.15, 0.2) is 28.9 Å². The maximum absolute atomic E-state index is 13.1. The van der Waals surface area contributed by atoms with Gasteiger partial charge >= 0.3 is 0 Å². The minimum atomic E-state index is -5.37. The number of anilines is 2. The van der Waals surface area contributed by atoms with E-state index in [4.69, 9.17) is 39.0 Å². The molecule has 7 N–H and O–H groups in total. The molecular formula is C21H24N10O13P2-2. The molecule has 7 rings (SSSR count). The van der Waals surface area contributed by atoms with Gasteiger partial charge in [0.25, 0.3) is 21.2 Å². The van der Waals surface area contributed by atoms with Crippen LogP contribution in [0.25, 0.3) is 22.3 Å². The van der Waals surface area contributed by atoms with E-state index >= 15 is 0 Å². The Balaban J connectivity index is 1.22. The standard InChI is InChI=1S/C21H26N10O13P2/c22-15-10-16(25-4-24-15)30(5-26-10)19-7(1-32)13-9(42-19)3-40-46(37,38)44-14-12(33)8(2-39-45(35,36)43-13)41-20(14)31-6-27-11-17(31)28-21(23)29-18(11)34/h4-9,12-14,19-20,32-33H,1-3H2,(H,35,36)(H,37,38)(H2,22,24,25)(H3,23,28,29,34)/p-2. The molecule has 23 nitrogen and oxygen atoms in total. The number of ether oxygens (including phenoxy) is 2. The molecular weight excluding hydrogens is 662 g/mol. The first-order valence-corrected chi connectivity index (χ1v) is 16.3. The summed E-state index contributed by atoms with van der Waals surface area (Å²) < 4.78 is 61.0. The summed E-state index contributed by atoms with van der Waals surface area (Å²) in [5.41, 5.74) is 10.8. The van der Waals surface area contributed by atoms with Crippen molar-refractivity contribution in [2.45, 2.75) is 43.0 Å². The van der Waals surface area contributed by atoms with Gasteiger partial charge < -0.3 is 59.0 Å². The number of phosphoric ester groups is 2. The summed E-state index contributed by atoms with van der Waals surface area (Å²) in [4.78, 5) is 60.8. The Bertz CT molecular complexity index is 1950. The number of hydrogen-bond acceptors (Lipinski definition) is 20. The van der Waals surface area contributed by atoms with Crippen LogP contribution in [0.1, 0.15) is 12.5 Å². The first-order valence-electron chi connectivity index (χ1n) is 13.4. The first kappa shape index (κ1) is 31.2. The molecule has 25 heteroatoms. The highest BCUT2D eigenvalue weighted by Gasteiger charge is 2.51. The number of nitrogens with two attached hydrogens (primary N) is 2. The van der Waals surface area contributed by atoms with Crippen molar-refractivity contribution in [2.75, 3.05) is 31.3 Å². The lowest BCUT2D eigenvalue weighted by Gasteiger charge is -2.32. The summed E-state index contributed by atoms with van der Waals surface area (Å²) >= 11 is 0. The van der Waals surface area contributed by atoms with E-state index in [-0.39, 0.29) is 34.1 Å². The summed E-state index contributed by atoms with van der Waals surface area (Å²) in [6, 6.07) is 0. The largest absolute Gasteiger partial charge is 0.756 e. The summed E-state index contributed by atoms with van der Waals surface area (Å²) in [5.74, 6) is -1.42. The predicted octanol–water partition coefficient (Wildman–Crippen LogP) is -3.36. The smallest absolute Gasteiger partial charge is 0.280 e. The molecule has 7 heterocycles. The third kappa shape index (κ3) is 5.39. The van der Waals surface area contributed by atoms with E-state index in [9.17, 15) is 33.9 Å². The molecule has 4 aromatic rings. The number of imidazole rings is 2. The Morgan fingerprint density at radius 3 is 2.26 bits per heavy atom. The van der Waals surface area contributed by atoms with E-state index in [2.05, 4.69) is 29.9 Å². The molecule has 3 aliphatic heterocycles. The summed E-state index contributed by atoms with van der Waals surface area (Å²) in [6.07, 6.45) is -7.43. The van der Waals surface area contributed by atoms with Gasteiger partial charge in [0.2, 0.25) is 5.95 Å². The minimum absolute atomic E-state index is 0.0402. The third-order valence-corrected chi connectivity index (χ3v) is 9.61. The Hall–Kier alpha value is -3.44. The second-order valence-electron chi connectivity index (χ2n) is 10.5. The number of aromatic nitrogens is 8. The number of rotatable bonds is 3. The Labute approximate surface area is 255 Å². The SMILES string of the molecule is Nc1nc2c(ncn2C2OC3COP(=O)([O-])OC4C(COP(=O)([O-])OC2C3O)OC(n2cnc3c(N)ncnc32)C4CO)c(=O)[nH]1. The molecule has 0 aliphatic carbocycles. The van der Waals surface area contributed by atoms with E-state index in [1.54, 1.807) is 0 Å². The second kappa shape index (κ2) is 11.4. The normalized spacial score (nSPS) is 37.1. The van der Waals surface area contributed by atoms with Crippen molar-refractivity contribution < 1.29 is 56.7 Å². The van der Waals surface area contributed by atoms with Gasteiger partial charge in [0.1, 0.15) is 48.6 Å². The molecule has 10 unspecified atom stereocenters. The van der Waals surface area contributed by atoms with Crippen molar-refractivity contribution in [3.8, 4) is 0 Å². The number of aromatic amines is 1. The molecule has 0 amide bonds. The molecule has 46 heavy (non-hydrogen) atoms. The van der Waals surface area contributed by atoms with Gasteiger partial charge in [0.05, 0.1) is 38.4 Å². The predicted molar refractivity (Wildman–Crippen MR) is 144 cm³/mol. The molecule has 0 spiro atoms. The average molecular weight is 686 g/mol. The van der Waals surface area contributed by atoms with Crippen molar-refractivity contribution in [1.82, 2.24) is 39.0 Å². The van der Waals surface area contributed by atoms with Crippen LogP contribution in [0.3, 0.4) is 0 Å². The maximum Gasteiger partial charge on any atom is 0.280 e. The van der Waals surface area contributed by atoms with Crippen molar-refractivity contribution in [2.24, 2.45) is 5.92 Å². The lowest BCUT2D eigenvalue weighted by atomic mass is 10.0. The van der Waals surface area contributed by atoms with Crippen molar-refractivity contribution >= 4 is 49.7 Å². The third-order valence-electron chi connectivity index (χ3n) is 7.67. The van der Waals surface area contributed by atoms with Gasteiger partial charge in [-0.25, -0.2) is 19.9 Å². The van der Waals surface area contributed by atoms with Crippen LogP contribution >= 0.6 is 15.6 Å². The number of nitrogen functional groups attached to an aromatic ring is 2. The zero-order chi connectivity index (χ0) is 32.5. The summed E-state index contributed by atoms with van der Waals surface area (Å²) in [5, 5.41) is 21.3. The minimum Gasteiger partial charge on any atom is -0.756 e. The Morgan fingerprint density at radius 1 is 0.913 bits per heavy atom. The lowest BCUT2D eigenvalue weighted by molar-refractivity contribution is -0.240. The molecule has 10 atom stereocenters. The topological polar surface area (TPSA) is 335 Å². The summed E-state index contributed by atoms with van der Waals surface area (Å²) in [6.45, 7) is -2.47. The number of phosphoric acid groups is 2. The van der Waals surface area contributed by atoms with Crippen LogP contribution in [-0.2, 0) is 36.7 Å². The van der Waals surface area contributed by atoms with Crippen LogP contribution < -0.4 is 26.8 Å². The Morgan fingerprint density at radius 2 is 1.54 bits per heavy atom. The fourth-order valence-electron chi connectivity index (χ4n) is 5.61. The van der Waals surface area contributed by atoms with E-state index < -0.39 is 89.9 Å². The quantitative estimate of drug-likeness (QED) is 0.131. The number of nitrogens with one attached hydrogen (secondary N) is 1. The second-order valence-corrected chi connectivity index (χ2v) is 13.2. The number of aliphatic hydroxyl groups is 2. The monoisotopic (exact) mass is 686 g/mol. The van der Waals surface area contributed by atoms with Crippen molar-refractivity contribution in [3.05, 3.63) is 29.3 Å². The van der Waals surface area contributed by atoms with Crippen LogP contribution in [0.5, 0.6) is 0 Å². The fourth-order valence-corrected chi connectivity index (χ4v) is 7.51. The number of nitrogens with zero attached hydrogens (tertiary/aromatic N) is 7.